The molecule has 0 aliphatic heterocycles. The van der Waals surface area contributed by atoms with Gasteiger partial charge in [0.15, 0.2) is 11.5 Å². The molecule has 3 aromatic rings. The molecule has 0 fully saturated rings. The molecule has 0 heterocycles. The number of nitrogens with zero attached hydrogens (tertiary/aromatic N) is 3. The van der Waals surface area contributed by atoms with Gasteiger partial charge >= 0.3 is 0 Å². The number of aliphatic hydroxyl groups excluding tert-OH is 1. The van der Waals surface area contributed by atoms with E-state index in [1.807, 2.05) is 24.0 Å². The molecule has 0 aliphatic carbocycles. The maximum Gasteiger partial charge on any atom is 0.294 e. The van der Waals surface area contributed by atoms with Crippen LogP contribution >= 0.6 is 0 Å². The number of fused-ring (bicyclic) bond motifs is 1. The van der Waals surface area contributed by atoms with Crippen molar-refractivity contribution >= 4 is 38.0 Å². The lowest BCUT2D eigenvalue weighted by Crippen LogP contribution is -2.25. The molecule has 0 saturated heterocycles. The van der Waals surface area contributed by atoms with Crippen molar-refractivity contribution in [3.8, 4) is 11.5 Å². The predicted octanol–water partition coefficient (Wildman–Crippen LogP) is 3.89. The first-order chi connectivity index (χ1) is 14.2. The first kappa shape index (κ1) is 24.0. The Labute approximate surface area is 179 Å². The second-order valence-electron chi connectivity index (χ2n) is 6.47. The summed E-state index contributed by atoms with van der Waals surface area (Å²) in [6.07, 6.45) is 0. The van der Waals surface area contributed by atoms with Crippen LogP contribution in [0.3, 0.4) is 0 Å². The number of hydrogen-bond acceptors (Lipinski definition) is 9. The van der Waals surface area contributed by atoms with Crippen LogP contribution < -0.4 is 11.1 Å². The molecule has 3 aromatic carbocycles. The Kier molecular flexibility index (Phi) is 7.52. The van der Waals surface area contributed by atoms with E-state index in [2.05, 4.69) is 10.2 Å². The summed E-state index contributed by atoms with van der Waals surface area (Å²) in [7, 11) is -4.46. The Balaban J connectivity index is 0.00000341. The largest absolute Gasteiger partial charge is 0.504 e. The first-order valence-corrected chi connectivity index (χ1v) is 10.5. The lowest BCUT2D eigenvalue weighted by molar-refractivity contribution is 0.302. The molecule has 11 heteroatoms. The molecule has 0 saturated carbocycles. The van der Waals surface area contributed by atoms with Crippen LogP contribution in [0.4, 0.5) is 17.1 Å². The van der Waals surface area contributed by atoms with E-state index in [0.29, 0.717) is 17.6 Å². The highest BCUT2D eigenvalue weighted by Gasteiger charge is 2.16. The first-order valence-electron chi connectivity index (χ1n) is 9.08. The molecule has 0 bridgehead atoms. The molecular weight excluding hydrogens is 424 g/mol. The van der Waals surface area contributed by atoms with Crippen molar-refractivity contribution in [2.75, 3.05) is 24.6 Å². The number of phenols is 2. The molecule has 0 aromatic heterocycles. The highest BCUT2D eigenvalue weighted by Crippen LogP contribution is 2.43. The average molecular weight is 449 g/mol. The van der Waals surface area contributed by atoms with Crippen molar-refractivity contribution in [3.63, 3.8) is 0 Å². The van der Waals surface area contributed by atoms with Crippen LogP contribution in [-0.4, -0.2) is 48.0 Å². The molecule has 166 valence electrons. The van der Waals surface area contributed by atoms with E-state index in [-0.39, 0.29) is 28.7 Å². The number of phenolic OH excluding ortho intramolecular Hbond substituents is 2. The molecule has 3 rings (SSSR count). The van der Waals surface area contributed by atoms with Gasteiger partial charge in [-0.2, -0.15) is 13.5 Å². The topological polar surface area (TPSA) is 178 Å². The lowest BCUT2D eigenvalue weighted by Gasteiger charge is -2.21. The fourth-order valence-electron chi connectivity index (χ4n) is 3.02. The fourth-order valence-corrected chi connectivity index (χ4v) is 3.53. The Morgan fingerprint density at radius 2 is 1.68 bits per heavy atom. The Hall–Kier alpha value is -3.25. The van der Waals surface area contributed by atoms with Gasteiger partial charge in [0.25, 0.3) is 10.1 Å². The van der Waals surface area contributed by atoms with Gasteiger partial charge in [-0.05, 0) is 54.8 Å². The average Bonchev–Trinajstić information content (AvgIpc) is 2.72. The van der Waals surface area contributed by atoms with Gasteiger partial charge in [-0.3, -0.25) is 4.55 Å². The third kappa shape index (κ3) is 5.27. The minimum absolute atomic E-state index is 0. The summed E-state index contributed by atoms with van der Waals surface area (Å²) in [5, 5.41) is 38.0. The zero-order valence-electron chi connectivity index (χ0n) is 16.8. The van der Waals surface area contributed by atoms with Gasteiger partial charge in [-0.15, -0.1) is 5.11 Å². The maximum atomic E-state index is 11.4. The second kappa shape index (κ2) is 9.71. The molecular formula is C20H24N4O6S. The van der Waals surface area contributed by atoms with E-state index >= 15 is 0 Å². The van der Waals surface area contributed by atoms with Gasteiger partial charge in [0.05, 0.1) is 17.2 Å². The summed E-state index contributed by atoms with van der Waals surface area (Å²) >= 11 is 0. The van der Waals surface area contributed by atoms with Crippen molar-refractivity contribution in [1.29, 1.82) is 0 Å². The zero-order chi connectivity index (χ0) is 21.9. The fraction of sp³-hybridized carbons (Fsp3) is 0.200. The number of likely N-dealkylation sites (N-methyl/N-ethyl adjacent to an activating group) is 1. The van der Waals surface area contributed by atoms with Gasteiger partial charge in [0, 0.05) is 24.2 Å². The van der Waals surface area contributed by atoms with E-state index < -0.39 is 21.6 Å². The van der Waals surface area contributed by atoms with Crippen molar-refractivity contribution < 1.29 is 28.3 Å². The van der Waals surface area contributed by atoms with Gasteiger partial charge in [-0.25, -0.2) is 0 Å². The van der Waals surface area contributed by atoms with Gasteiger partial charge in [-0.1, -0.05) is 6.07 Å². The SMILES string of the molecule is CCN(CCO)c1ccc(N=Nc2c(O)c(O)cc3ccc(S(=O)(=O)O)cc23)cc1.N. The number of aliphatic hydroxyl groups is 1. The van der Waals surface area contributed by atoms with Crippen LogP contribution in [0.15, 0.2) is 63.7 Å². The van der Waals surface area contributed by atoms with Crippen molar-refractivity contribution in [2.24, 2.45) is 10.2 Å². The molecule has 10 nitrogen and oxygen atoms in total. The third-order valence-corrected chi connectivity index (χ3v) is 5.42. The molecule has 0 spiro atoms. The summed E-state index contributed by atoms with van der Waals surface area (Å²) in [5.41, 5.74) is 1.23. The minimum atomic E-state index is -4.46. The van der Waals surface area contributed by atoms with Crippen LogP contribution in [0.2, 0.25) is 0 Å². The molecule has 0 aliphatic rings. The monoisotopic (exact) mass is 448 g/mol. The minimum Gasteiger partial charge on any atom is -0.504 e. The summed E-state index contributed by atoms with van der Waals surface area (Å²) in [6.45, 7) is 3.22. The number of benzene rings is 3. The van der Waals surface area contributed by atoms with Gasteiger partial charge < -0.3 is 26.4 Å². The summed E-state index contributed by atoms with van der Waals surface area (Å²) in [6, 6.07) is 12.0. The Morgan fingerprint density at radius 1 is 1.00 bits per heavy atom. The van der Waals surface area contributed by atoms with Crippen molar-refractivity contribution in [2.45, 2.75) is 11.8 Å². The van der Waals surface area contributed by atoms with Crippen molar-refractivity contribution in [3.05, 3.63) is 48.5 Å². The molecule has 7 N–H and O–H groups in total. The molecule has 0 atom stereocenters. The summed E-state index contributed by atoms with van der Waals surface area (Å²) in [4.78, 5) is 1.61. The summed E-state index contributed by atoms with van der Waals surface area (Å²) < 4.78 is 32.2. The van der Waals surface area contributed by atoms with Crippen LogP contribution in [-0.2, 0) is 10.1 Å². The lowest BCUT2D eigenvalue weighted by atomic mass is 10.1. The molecule has 0 amide bonds. The number of azo groups is 1. The normalized spacial score (nSPS) is 11.6. The number of hydrogen-bond donors (Lipinski definition) is 5. The molecule has 0 unspecified atom stereocenters. The van der Waals surface area contributed by atoms with E-state index in [0.717, 1.165) is 18.3 Å². The highest BCUT2D eigenvalue weighted by atomic mass is 32.2. The van der Waals surface area contributed by atoms with E-state index in [9.17, 15) is 23.2 Å². The van der Waals surface area contributed by atoms with Crippen LogP contribution in [0.1, 0.15) is 6.92 Å². The molecule has 0 radical (unpaired) electrons. The smallest absolute Gasteiger partial charge is 0.294 e. The maximum absolute atomic E-state index is 11.4. The number of rotatable bonds is 7. The number of anilines is 1. The zero-order valence-corrected chi connectivity index (χ0v) is 17.6. The predicted molar refractivity (Wildman–Crippen MR) is 118 cm³/mol. The van der Waals surface area contributed by atoms with Crippen LogP contribution in [0, 0.1) is 0 Å². The van der Waals surface area contributed by atoms with Gasteiger partial charge in [0.2, 0.25) is 0 Å². The Bertz CT molecular complexity index is 1200. The second-order valence-corrected chi connectivity index (χ2v) is 7.89. The number of aromatic hydroxyl groups is 2. The quantitative estimate of drug-likeness (QED) is 0.205. The highest BCUT2D eigenvalue weighted by molar-refractivity contribution is 7.85. The van der Waals surface area contributed by atoms with E-state index in [1.165, 1.54) is 18.2 Å². The van der Waals surface area contributed by atoms with E-state index in [1.54, 1.807) is 12.1 Å². The Morgan fingerprint density at radius 3 is 2.26 bits per heavy atom. The van der Waals surface area contributed by atoms with E-state index in [4.69, 9.17) is 5.11 Å². The molecule has 31 heavy (non-hydrogen) atoms. The van der Waals surface area contributed by atoms with Crippen LogP contribution in [0.25, 0.3) is 10.8 Å². The van der Waals surface area contributed by atoms with Crippen LogP contribution in [0.5, 0.6) is 11.5 Å². The van der Waals surface area contributed by atoms with Crippen molar-refractivity contribution in [1.82, 2.24) is 6.15 Å². The third-order valence-electron chi connectivity index (χ3n) is 4.57. The standard InChI is InChI=1S/C20H21N3O6S.H3N/c1-2-23(9-10-24)15-6-4-14(5-7-15)21-22-19-17-12-16(30(27,28)29)8-3-13(17)11-18(25)20(19)26;/h3-8,11-12,24-26H,2,9-10H2,1H3,(H,27,28,29);1H3. The summed E-state index contributed by atoms with van der Waals surface area (Å²) in [5.74, 6) is -0.996. The van der Waals surface area contributed by atoms with Gasteiger partial charge in [0.1, 0.15) is 5.69 Å².